The number of hydrogen-bond acceptors (Lipinski definition) is 5. The van der Waals surface area contributed by atoms with E-state index in [1.165, 1.54) is 6.07 Å². The Morgan fingerprint density at radius 1 is 1.29 bits per heavy atom. The molecular formula is C16H18O5. The van der Waals surface area contributed by atoms with Crippen molar-refractivity contribution in [2.24, 2.45) is 0 Å². The first-order valence-electron chi connectivity index (χ1n) is 6.93. The van der Waals surface area contributed by atoms with E-state index < -0.39 is 0 Å². The lowest BCUT2D eigenvalue weighted by molar-refractivity contribution is -0.143. The van der Waals surface area contributed by atoms with Crippen molar-refractivity contribution in [3.8, 4) is 5.75 Å². The Hall–Kier alpha value is -2.30. The Morgan fingerprint density at radius 2 is 2.10 bits per heavy atom. The Balaban J connectivity index is 1.97. The first-order chi connectivity index (χ1) is 10.1. The number of carbonyl (C=O) groups is 1. The molecular weight excluding hydrogens is 272 g/mol. The maximum Gasteiger partial charge on any atom is 0.336 e. The van der Waals surface area contributed by atoms with Crippen molar-refractivity contribution < 1.29 is 18.7 Å². The van der Waals surface area contributed by atoms with Crippen molar-refractivity contribution in [1.29, 1.82) is 0 Å². The van der Waals surface area contributed by atoms with Gasteiger partial charge in [-0.3, -0.25) is 4.79 Å². The molecule has 1 aromatic heterocycles. The highest BCUT2D eigenvalue weighted by molar-refractivity contribution is 5.81. The molecule has 5 nitrogen and oxygen atoms in total. The molecule has 0 aliphatic heterocycles. The molecule has 21 heavy (non-hydrogen) atoms. The number of aryl methyl sites for hydroxylation is 1. The van der Waals surface area contributed by atoms with Crippen molar-refractivity contribution in [2.45, 2.75) is 26.7 Å². The van der Waals surface area contributed by atoms with Crippen molar-refractivity contribution in [3.63, 3.8) is 0 Å². The fraction of sp³-hybridized carbons (Fsp3) is 0.375. The van der Waals surface area contributed by atoms with Crippen LogP contribution >= 0.6 is 0 Å². The monoisotopic (exact) mass is 290 g/mol. The van der Waals surface area contributed by atoms with E-state index in [1.54, 1.807) is 19.1 Å². The zero-order valence-corrected chi connectivity index (χ0v) is 12.2. The zero-order valence-electron chi connectivity index (χ0n) is 12.2. The predicted octanol–water partition coefficient (Wildman–Crippen LogP) is 2.82. The van der Waals surface area contributed by atoms with Gasteiger partial charge in [0.15, 0.2) is 0 Å². The summed E-state index contributed by atoms with van der Waals surface area (Å²) in [6.07, 6.45) is 0.940. The standard InChI is InChI=1S/C16H18O5/c1-3-19-15(17)5-4-8-20-12-6-7-14-13(10-12)11(2)9-16(18)21-14/h6-7,9-10H,3-5,8H2,1-2H3. The van der Waals surface area contributed by atoms with Crippen LogP contribution in [-0.4, -0.2) is 19.2 Å². The van der Waals surface area contributed by atoms with Gasteiger partial charge in [-0.2, -0.15) is 0 Å². The van der Waals surface area contributed by atoms with Crippen molar-refractivity contribution in [3.05, 3.63) is 40.2 Å². The van der Waals surface area contributed by atoms with Crippen LogP contribution in [0.15, 0.2) is 33.5 Å². The van der Waals surface area contributed by atoms with Gasteiger partial charge in [0.25, 0.3) is 0 Å². The topological polar surface area (TPSA) is 65.7 Å². The van der Waals surface area contributed by atoms with Gasteiger partial charge in [-0.25, -0.2) is 4.79 Å². The van der Waals surface area contributed by atoms with Crippen LogP contribution in [0.25, 0.3) is 11.0 Å². The summed E-state index contributed by atoms with van der Waals surface area (Å²) in [5.74, 6) is 0.473. The van der Waals surface area contributed by atoms with Gasteiger partial charge >= 0.3 is 11.6 Å². The van der Waals surface area contributed by atoms with Gasteiger partial charge < -0.3 is 13.9 Å². The minimum atomic E-state index is -0.358. The van der Waals surface area contributed by atoms with E-state index in [1.807, 2.05) is 13.0 Å². The van der Waals surface area contributed by atoms with E-state index in [0.29, 0.717) is 37.4 Å². The SMILES string of the molecule is CCOC(=O)CCCOc1ccc2oc(=O)cc(C)c2c1. The second kappa shape index (κ2) is 6.92. The normalized spacial score (nSPS) is 10.6. The summed E-state index contributed by atoms with van der Waals surface area (Å²) in [6.45, 7) is 4.46. The summed E-state index contributed by atoms with van der Waals surface area (Å²) < 4.78 is 15.6. The molecule has 0 radical (unpaired) electrons. The van der Waals surface area contributed by atoms with E-state index in [2.05, 4.69) is 0 Å². The highest BCUT2D eigenvalue weighted by Crippen LogP contribution is 2.22. The molecule has 1 heterocycles. The van der Waals surface area contributed by atoms with Gasteiger partial charge in [0, 0.05) is 17.9 Å². The quantitative estimate of drug-likeness (QED) is 0.465. The summed E-state index contributed by atoms with van der Waals surface area (Å²) in [4.78, 5) is 22.5. The largest absolute Gasteiger partial charge is 0.494 e. The third-order valence-corrected chi connectivity index (χ3v) is 3.02. The summed E-state index contributed by atoms with van der Waals surface area (Å²) in [5, 5.41) is 0.845. The molecule has 0 fully saturated rings. The molecule has 0 aliphatic carbocycles. The second-order valence-corrected chi connectivity index (χ2v) is 4.66. The number of benzene rings is 1. The van der Waals surface area contributed by atoms with Crippen LogP contribution in [0.2, 0.25) is 0 Å². The van der Waals surface area contributed by atoms with E-state index in [-0.39, 0.29) is 11.6 Å². The Bertz CT molecular complexity index is 687. The van der Waals surface area contributed by atoms with Crippen molar-refractivity contribution in [1.82, 2.24) is 0 Å². The molecule has 0 amide bonds. The van der Waals surface area contributed by atoms with Crippen LogP contribution < -0.4 is 10.4 Å². The minimum absolute atomic E-state index is 0.211. The van der Waals surface area contributed by atoms with Crippen LogP contribution in [0.1, 0.15) is 25.3 Å². The number of esters is 1. The minimum Gasteiger partial charge on any atom is -0.494 e. The highest BCUT2D eigenvalue weighted by Gasteiger charge is 2.05. The summed E-state index contributed by atoms with van der Waals surface area (Å²) in [5.41, 5.74) is 1.03. The fourth-order valence-corrected chi connectivity index (χ4v) is 2.03. The van der Waals surface area contributed by atoms with Crippen LogP contribution in [0, 0.1) is 6.92 Å². The molecule has 0 saturated carbocycles. The molecule has 2 aromatic rings. The molecule has 0 N–H and O–H groups in total. The van der Waals surface area contributed by atoms with Crippen molar-refractivity contribution in [2.75, 3.05) is 13.2 Å². The Labute approximate surface area is 122 Å². The smallest absolute Gasteiger partial charge is 0.336 e. The van der Waals surface area contributed by atoms with Gasteiger partial charge in [0.2, 0.25) is 0 Å². The zero-order chi connectivity index (χ0) is 15.2. The average molecular weight is 290 g/mol. The number of ether oxygens (including phenoxy) is 2. The van der Waals surface area contributed by atoms with Gasteiger partial charge in [-0.15, -0.1) is 0 Å². The van der Waals surface area contributed by atoms with E-state index >= 15 is 0 Å². The molecule has 2 rings (SSSR count). The summed E-state index contributed by atoms with van der Waals surface area (Å²) in [7, 11) is 0. The lowest BCUT2D eigenvalue weighted by atomic mass is 10.1. The average Bonchev–Trinajstić information content (AvgIpc) is 2.44. The number of fused-ring (bicyclic) bond motifs is 1. The third-order valence-electron chi connectivity index (χ3n) is 3.02. The summed E-state index contributed by atoms with van der Waals surface area (Å²) in [6, 6.07) is 6.74. The first-order valence-corrected chi connectivity index (χ1v) is 6.93. The summed E-state index contributed by atoms with van der Waals surface area (Å²) >= 11 is 0. The van der Waals surface area contributed by atoms with E-state index in [4.69, 9.17) is 13.9 Å². The third kappa shape index (κ3) is 4.08. The van der Waals surface area contributed by atoms with Gasteiger partial charge in [-0.05, 0) is 44.0 Å². The maximum atomic E-state index is 11.3. The molecule has 0 unspecified atom stereocenters. The maximum absolute atomic E-state index is 11.3. The lowest BCUT2D eigenvalue weighted by Gasteiger charge is -2.07. The van der Waals surface area contributed by atoms with E-state index in [0.717, 1.165) is 10.9 Å². The fourth-order valence-electron chi connectivity index (χ4n) is 2.03. The second-order valence-electron chi connectivity index (χ2n) is 4.66. The van der Waals surface area contributed by atoms with Crippen molar-refractivity contribution >= 4 is 16.9 Å². The van der Waals surface area contributed by atoms with Gasteiger partial charge in [0.05, 0.1) is 13.2 Å². The lowest BCUT2D eigenvalue weighted by Crippen LogP contribution is -2.06. The van der Waals surface area contributed by atoms with Gasteiger partial charge in [-0.1, -0.05) is 0 Å². The number of rotatable bonds is 6. The van der Waals surface area contributed by atoms with Crippen LogP contribution in [-0.2, 0) is 9.53 Å². The van der Waals surface area contributed by atoms with Gasteiger partial charge in [0.1, 0.15) is 11.3 Å². The molecule has 0 aliphatic rings. The molecule has 0 bridgehead atoms. The Morgan fingerprint density at radius 3 is 2.86 bits per heavy atom. The molecule has 5 heteroatoms. The molecule has 0 spiro atoms. The molecule has 0 atom stereocenters. The van der Waals surface area contributed by atoms with E-state index in [9.17, 15) is 9.59 Å². The predicted molar refractivity (Wildman–Crippen MR) is 78.6 cm³/mol. The van der Waals surface area contributed by atoms with Crippen LogP contribution in [0.5, 0.6) is 5.75 Å². The number of hydrogen-bond donors (Lipinski definition) is 0. The molecule has 0 saturated heterocycles. The van der Waals surface area contributed by atoms with Crippen LogP contribution in [0.3, 0.4) is 0 Å². The first kappa shape index (κ1) is 15.1. The number of carbonyl (C=O) groups excluding carboxylic acids is 1. The van der Waals surface area contributed by atoms with Crippen LogP contribution in [0.4, 0.5) is 0 Å². The Kier molecular flexibility index (Phi) is 4.98. The highest BCUT2D eigenvalue weighted by atomic mass is 16.5. The molecule has 112 valence electrons. The molecule has 1 aromatic carbocycles.